The Morgan fingerprint density at radius 2 is 1.82 bits per heavy atom. The van der Waals surface area contributed by atoms with E-state index in [1.165, 1.54) is 5.56 Å². The van der Waals surface area contributed by atoms with Crippen LogP contribution in [0.3, 0.4) is 0 Å². The summed E-state index contributed by atoms with van der Waals surface area (Å²) in [7, 11) is 1.58. The lowest BCUT2D eigenvalue weighted by Gasteiger charge is -2.19. The molecule has 0 aliphatic carbocycles. The van der Waals surface area contributed by atoms with Crippen molar-refractivity contribution in [1.82, 2.24) is 5.43 Å². The predicted octanol–water partition coefficient (Wildman–Crippen LogP) is 6.52. The van der Waals surface area contributed by atoms with Crippen molar-refractivity contribution in [3.8, 4) is 11.5 Å². The molecule has 0 aliphatic heterocycles. The first kappa shape index (κ1) is 26.0. The largest absolute Gasteiger partial charge is 0.493 e. The molecule has 5 nitrogen and oxygen atoms in total. The molecule has 3 rings (SSSR count). The number of nitrogens with one attached hydrogen (secondary N) is 1. The molecular weight excluding hydrogens is 563 g/mol. The third-order valence-electron chi connectivity index (χ3n) is 5.17. The molecule has 0 heterocycles. The van der Waals surface area contributed by atoms with Crippen LogP contribution in [0.15, 0.2) is 65.8 Å². The molecule has 1 amide bonds. The van der Waals surface area contributed by atoms with Crippen molar-refractivity contribution in [3.63, 3.8) is 0 Å². The van der Waals surface area contributed by atoms with Crippen LogP contribution in [0.5, 0.6) is 11.5 Å². The maximum Gasteiger partial charge on any atom is 0.244 e. The smallest absolute Gasteiger partial charge is 0.244 e. The highest BCUT2D eigenvalue weighted by Crippen LogP contribution is 2.34. The molecule has 0 atom stereocenters. The number of benzene rings is 3. The van der Waals surface area contributed by atoms with Crippen LogP contribution in [-0.2, 0) is 23.2 Å². The Morgan fingerprint density at radius 3 is 2.47 bits per heavy atom. The van der Waals surface area contributed by atoms with Gasteiger partial charge in [-0.05, 0) is 62.9 Å². The van der Waals surface area contributed by atoms with E-state index >= 15 is 0 Å². The van der Waals surface area contributed by atoms with Crippen molar-refractivity contribution in [1.29, 1.82) is 0 Å². The number of halogens is 2. The Bertz CT molecular complexity index is 1170. The van der Waals surface area contributed by atoms with E-state index in [0.29, 0.717) is 23.1 Å². The second-order valence-electron chi connectivity index (χ2n) is 8.83. The van der Waals surface area contributed by atoms with Gasteiger partial charge in [-0.1, -0.05) is 74.8 Å². The molecule has 3 aromatic rings. The summed E-state index contributed by atoms with van der Waals surface area (Å²) in [6.45, 7) is 6.82. The molecule has 34 heavy (non-hydrogen) atoms. The van der Waals surface area contributed by atoms with Crippen LogP contribution in [-0.4, -0.2) is 19.2 Å². The molecule has 0 saturated heterocycles. The third-order valence-corrected chi connectivity index (χ3v) is 6.34. The topological polar surface area (TPSA) is 59.9 Å². The summed E-state index contributed by atoms with van der Waals surface area (Å²) >= 11 is 8.41. The number of hydrogen-bond donors (Lipinski definition) is 1. The van der Waals surface area contributed by atoms with Crippen molar-refractivity contribution >= 4 is 46.3 Å². The maximum absolute atomic E-state index is 12.3. The predicted molar refractivity (Wildman–Crippen MR) is 146 cm³/mol. The zero-order chi connectivity index (χ0) is 24.7. The minimum Gasteiger partial charge on any atom is -0.493 e. The van der Waals surface area contributed by atoms with E-state index in [1.54, 1.807) is 13.3 Å². The maximum atomic E-state index is 12.3. The fourth-order valence-corrected chi connectivity index (χ4v) is 4.22. The molecule has 0 saturated carbocycles. The standard InChI is InChI=1S/C27H28ClIN2O3/c1-27(2,3)21-11-9-18(10-12-21)15-25(32)31-30-16-19-13-23(29)26(24(14-19)33-4)34-17-20-7-5-6-8-22(20)28/h5-14,16H,15,17H2,1-4H3,(H,31,32)/b30-16-. The van der Waals surface area contributed by atoms with Gasteiger partial charge in [0.1, 0.15) is 6.61 Å². The molecule has 0 radical (unpaired) electrons. The molecule has 0 spiro atoms. The highest BCUT2D eigenvalue weighted by molar-refractivity contribution is 14.1. The number of carbonyl (C=O) groups excluding carboxylic acids is 1. The van der Waals surface area contributed by atoms with Crippen molar-refractivity contribution in [2.24, 2.45) is 5.10 Å². The Labute approximate surface area is 219 Å². The molecule has 0 unspecified atom stereocenters. The van der Waals surface area contributed by atoms with Gasteiger partial charge in [0.15, 0.2) is 11.5 Å². The quantitative estimate of drug-likeness (QED) is 0.185. The highest BCUT2D eigenvalue weighted by atomic mass is 127. The molecule has 7 heteroatoms. The van der Waals surface area contributed by atoms with E-state index in [9.17, 15) is 4.79 Å². The monoisotopic (exact) mass is 590 g/mol. The molecule has 0 aromatic heterocycles. The Morgan fingerprint density at radius 1 is 1.12 bits per heavy atom. The normalized spacial score (nSPS) is 11.5. The van der Waals surface area contributed by atoms with Gasteiger partial charge >= 0.3 is 0 Å². The number of methoxy groups -OCH3 is 1. The van der Waals surface area contributed by atoms with Crippen molar-refractivity contribution in [2.75, 3.05) is 7.11 Å². The molecule has 0 fully saturated rings. The molecule has 0 bridgehead atoms. The van der Waals surface area contributed by atoms with Gasteiger partial charge in [0.25, 0.3) is 0 Å². The van der Waals surface area contributed by atoms with E-state index in [4.69, 9.17) is 21.1 Å². The summed E-state index contributed by atoms with van der Waals surface area (Å²) in [5.41, 5.74) is 6.52. The Balaban J connectivity index is 1.61. The van der Waals surface area contributed by atoms with Crippen LogP contribution in [0.1, 0.15) is 43.0 Å². The lowest BCUT2D eigenvalue weighted by molar-refractivity contribution is -0.120. The molecule has 1 N–H and O–H groups in total. The second kappa shape index (κ2) is 11.7. The van der Waals surface area contributed by atoms with Crippen LogP contribution < -0.4 is 14.9 Å². The number of amides is 1. The molecule has 0 aliphatic rings. The number of carbonyl (C=O) groups is 1. The highest BCUT2D eigenvalue weighted by Gasteiger charge is 2.14. The fourth-order valence-electron chi connectivity index (χ4n) is 3.25. The number of hydrogen-bond acceptors (Lipinski definition) is 4. The van der Waals surface area contributed by atoms with E-state index in [2.05, 4.69) is 66.0 Å². The van der Waals surface area contributed by atoms with Gasteiger partial charge < -0.3 is 9.47 Å². The van der Waals surface area contributed by atoms with Crippen LogP contribution in [0.2, 0.25) is 5.02 Å². The first-order valence-electron chi connectivity index (χ1n) is 10.8. The average Bonchev–Trinajstić information content (AvgIpc) is 2.79. The summed E-state index contributed by atoms with van der Waals surface area (Å²) < 4.78 is 12.4. The van der Waals surface area contributed by atoms with E-state index in [1.807, 2.05) is 48.5 Å². The average molecular weight is 591 g/mol. The Kier molecular flexibility index (Phi) is 8.97. The van der Waals surface area contributed by atoms with E-state index in [0.717, 1.165) is 20.3 Å². The van der Waals surface area contributed by atoms with Crippen LogP contribution in [0.25, 0.3) is 0 Å². The first-order valence-corrected chi connectivity index (χ1v) is 12.3. The van der Waals surface area contributed by atoms with Gasteiger partial charge in [-0.2, -0.15) is 5.10 Å². The van der Waals surface area contributed by atoms with Crippen LogP contribution >= 0.6 is 34.2 Å². The first-order chi connectivity index (χ1) is 16.2. The summed E-state index contributed by atoms with van der Waals surface area (Å²) in [6, 6.07) is 19.4. The number of rotatable bonds is 8. The van der Waals surface area contributed by atoms with Gasteiger partial charge in [-0.25, -0.2) is 5.43 Å². The zero-order valence-electron chi connectivity index (χ0n) is 19.7. The SMILES string of the molecule is COc1cc(/C=N\NC(=O)Cc2ccc(C(C)(C)C)cc2)cc(I)c1OCc1ccccc1Cl. The third kappa shape index (κ3) is 7.21. The van der Waals surface area contributed by atoms with Gasteiger partial charge in [-0.15, -0.1) is 0 Å². The summed E-state index contributed by atoms with van der Waals surface area (Å²) in [5.74, 6) is 1.02. The van der Waals surface area contributed by atoms with Crippen molar-refractivity contribution in [3.05, 3.63) is 91.5 Å². The van der Waals surface area contributed by atoms with Gasteiger partial charge in [0.2, 0.25) is 5.91 Å². The van der Waals surface area contributed by atoms with Gasteiger partial charge in [0, 0.05) is 10.6 Å². The minimum absolute atomic E-state index is 0.0822. The van der Waals surface area contributed by atoms with Crippen LogP contribution in [0, 0.1) is 3.57 Å². The van der Waals surface area contributed by atoms with Crippen LogP contribution in [0.4, 0.5) is 0 Å². The molecular formula is C27H28ClIN2O3. The van der Waals surface area contributed by atoms with Gasteiger partial charge in [0.05, 0.1) is 23.3 Å². The summed E-state index contributed by atoms with van der Waals surface area (Å²) in [5, 5.41) is 4.76. The number of hydrazone groups is 1. The van der Waals surface area contributed by atoms with Crippen molar-refractivity contribution < 1.29 is 14.3 Å². The number of nitrogens with zero attached hydrogens (tertiary/aromatic N) is 1. The zero-order valence-corrected chi connectivity index (χ0v) is 22.6. The second-order valence-corrected chi connectivity index (χ2v) is 10.4. The number of ether oxygens (including phenoxy) is 2. The van der Waals surface area contributed by atoms with Crippen molar-refractivity contribution in [2.45, 2.75) is 39.2 Å². The van der Waals surface area contributed by atoms with E-state index < -0.39 is 0 Å². The minimum atomic E-state index is -0.180. The Hall–Kier alpha value is -2.58. The lowest BCUT2D eigenvalue weighted by atomic mass is 9.86. The van der Waals surface area contributed by atoms with Gasteiger partial charge in [-0.3, -0.25) is 4.79 Å². The summed E-state index contributed by atoms with van der Waals surface area (Å²) in [4.78, 5) is 12.3. The lowest BCUT2D eigenvalue weighted by Crippen LogP contribution is -2.20. The molecule has 178 valence electrons. The fraction of sp³-hybridized carbons (Fsp3) is 0.259. The molecule has 3 aromatic carbocycles. The summed E-state index contributed by atoms with van der Waals surface area (Å²) in [6.07, 6.45) is 1.85. The van der Waals surface area contributed by atoms with E-state index in [-0.39, 0.29) is 17.7 Å².